The smallest absolute Gasteiger partial charge is 0.305 e. The van der Waals surface area contributed by atoms with Crippen molar-refractivity contribution in [2.75, 3.05) is 13.2 Å². The average Bonchev–Trinajstić information content (AvgIpc) is 3.17. The van der Waals surface area contributed by atoms with E-state index >= 15 is 0 Å². The molecule has 0 saturated heterocycles. The highest BCUT2D eigenvalue weighted by Gasteiger charge is 2.20. The minimum atomic E-state index is -0.672. The third-order valence-electron chi connectivity index (χ3n) is 10.4. The summed E-state index contributed by atoms with van der Waals surface area (Å²) < 4.78 is 5.41. The maximum absolute atomic E-state index is 12.4. The molecule has 316 valence electrons. The first-order chi connectivity index (χ1) is 26.5. The first kappa shape index (κ1) is 52.1. The summed E-state index contributed by atoms with van der Waals surface area (Å²) in [5.74, 6) is -0.0833. The van der Waals surface area contributed by atoms with Crippen molar-refractivity contribution in [2.24, 2.45) is 0 Å². The van der Waals surface area contributed by atoms with Gasteiger partial charge in [-0.3, -0.25) is 9.59 Å². The Labute approximate surface area is 334 Å². The molecular weight excluding hydrogens is 671 g/mol. The second kappa shape index (κ2) is 43.8. The Morgan fingerprint density at radius 1 is 0.519 bits per heavy atom. The largest absolute Gasteiger partial charge is 0.466 e. The van der Waals surface area contributed by atoms with Crippen LogP contribution in [0.25, 0.3) is 0 Å². The van der Waals surface area contributed by atoms with Crippen molar-refractivity contribution in [1.29, 1.82) is 0 Å². The van der Waals surface area contributed by atoms with Gasteiger partial charge in [0.05, 0.1) is 25.4 Å². The van der Waals surface area contributed by atoms with Crippen LogP contribution in [0.15, 0.2) is 36.5 Å². The summed E-state index contributed by atoms with van der Waals surface area (Å²) >= 11 is 0. The van der Waals surface area contributed by atoms with Crippen molar-refractivity contribution in [3.63, 3.8) is 0 Å². The predicted octanol–water partition coefficient (Wildman–Crippen LogP) is 13.3. The molecule has 0 radical (unpaired) electrons. The summed E-state index contributed by atoms with van der Waals surface area (Å²) in [6.45, 7) is 4.83. The molecule has 2 unspecified atom stereocenters. The van der Waals surface area contributed by atoms with Gasteiger partial charge in [0.1, 0.15) is 0 Å². The van der Waals surface area contributed by atoms with Gasteiger partial charge in [0, 0.05) is 12.8 Å². The Bertz CT molecular complexity index is 884. The molecule has 6 heteroatoms. The number of nitrogens with one attached hydrogen (secondary N) is 1. The van der Waals surface area contributed by atoms with Crippen molar-refractivity contribution < 1.29 is 24.5 Å². The van der Waals surface area contributed by atoms with E-state index in [1.54, 1.807) is 0 Å². The van der Waals surface area contributed by atoms with Crippen molar-refractivity contribution in [3.05, 3.63) is 36.5 Å². The molecule has 0 heterocycles. The molecule has 0 aliphatic rings. The van der Waals surface area contributed by atoms with E-state index in [0.717, 1.165) is 83.5 Å². The highest BCUT2D eigenvalue weighted by molar-refractivity contribution is 5.76. The van der Waals surface area contributed by atoms with Crippen LogP contribution < -0.4 is 5.32 Å². The Morgan fingerprint density at radius 2 is 0.944 bits per heavy atom. The summed E-state index contributed by atoms with van der Waals surface area (Å²) in [7, 11) is 0. The first-order valence-electron chi connectivity index (χ1n) is 23.2. The maximum Gasteiger partial charge on any atom is 0.305 e. The molecule has 2 atom stereocenters. The topological polar surface area (TPSA) is 95.9 Å². The Morgan fingerprint density at radius 3 is 1.48 bits per heavy atom. The van der Waals surface area contributed by atoms with E-state index in [0.29, 0.717) is 25.9 Å². The fourth-order valence-electron chi connectivity index (χ4n) is 6.76. The summed E-state index contributed by atoms with van der Waals surface area (Å²) in [5, 5.41) is 23.0. The molecule has 1 amide bonds. The van der Waals surface area contributed by atoms with Gasteiger partial charge in [-0.1, -0.05) is 172 Å². The van der Waals surface area contributed by atoms with Gasteiger partial charge in [0.25, 0.3) is 0 Å². The van der Waals surface area contributed by atoms with Gasteiger partial charge in [0.2, 0.25) is 5.91 Å². The molecule has 3 N–H and O–H groups in total. The molecule has 0 bridgehead atoms. The van der Waals surface area contributed by atoms with Crippen molar-refractivity contribution in [2.45, 2.75) is 244 Å². The lowest BCUT2D eigenvalue weighted by molar-refractivity contribution is -0.143. The lowest BCUT2D eigenvalue weighted by Crippen LogP contribution is -2.45. The van der Waals surface area contributed by atoms with Gasteiger partial charge in [-0.05, 0) is 83.5 Å². The average molecular weight is 760 g/mol. The molecular formula is C48H89NO5. The molecule has 0 aliphatic heterocycles. The zero-order valence-electron chi connectivity index (χ0n) is 35.7. The fourth-order valence-corrected chi connectivity index (χ4v) is 6.76. The van der Waals surface area contributed by atoms with Crippen LogP contribution in [-0.2, 0) is 14.3 Å². The predicted molar refractivity (Wildman–Crippen MR) is 232 cm³/mol. The Balaban J connectivity index is 3.51. The minimum absolute atomic E-state index is 0.0278. The van der Waals surface area contributed by atoms with Crippen LogP contribution >= 0.6 is 0 Å². The zero-order chi connectivity index (χ0) is 39.4. The van der Waals surface area contributed by atoms with Gasteiger partial charge in [-0.25, -0.2) is 0 Å². The van der Waals surface area contributed by atoms with Crippen LogP contribution in [0.1, 0.15) is 232 Å². The number of rotatable bonds is 42. The molecule has 0 aliphatic carbocycles. The number of hydrogen-bond donors (Lipinski definition) is 3. The molecule has 54 heavy (non-hydrogen) atoms. The highest BCUT2D eigenvalue weighted by Crippen LogP contribution is 2.14. The number of hydrogen-bond acceptors (Lipinski definition) is 5. The number of aliphatic hydroxyl groups excluding tert-OH is 2. The van der Waals surface area contributed by atoms with E-state index in [-0.39, 0.29) is 18.5 Å². The summed E-state index contributed by atoms with van der Waals surface area (Å²) in [4.78, 5) is 24.3. The number of amides is 1. The molecule has 0 spiro atoms. The van der Waals surface area contributed by atoms with Crippen LogP contribution in [-0.4, -0.2) is 47.4 Å². The SMILES string of the molecule is CCCC/C=C\CCCCCCCC(=O)OCCCCC/C=C\C/C=C\CCCCCCCCCC(=O)NC(CO)C(O)CCCCCCCCCCC. The van der Waals surface area contributed by atoms with E-state index in [1.807, 2.05) is 0 Å². The fraction of sp³-hybridized carbons (Fsp3) is 0.833. The second-order valence-electron chi connectivity index (χ2n) is 15.7. The quantitative estimate of drug-likeness (QED) is 0.0327. The molecule has 0 rings (SSSR count). The number of allylic oxidation sites excluding steroid dienone is 6. The zero-order valence-corrected chi connectivity index (χ0v) is 35.7. The molecule has 0 aromatic rings. The number of carbonyl (C=O) groups is 2. The van der Waals surface area contributed by atoms with Crippen LogP contribution in [0.3, 0.4) is 0 Å². The summed E-state index contributed by atoms with van der Waals surface area (Å²) in [6, 6.07) is -0.551. The minimum Gasteiger partial charge on any atom is -0.466 e. The van der Waals surface area contributed by atoms with E-state index in [1.165, 1.54) is 116 Å². The lowest BCUT2D eigenvalue weighted by atomic mass is 10.0. The van der Waals surface area contributed by atoms with Crippen molar-refractivity contribution in [3.8, 4) is 0 Å². The number of aliphatic hydroxyl groups is 2. The van der Waals surface area contributed by atoms with Gasteiger partial charge >= 0.3 is 5.97 Å². The number of unbranched alkanes of at least 4 members (excludes halogenated alkanes) is 25. The van der Waals surface area contributed by atoms with E-state index < -0.39 is 12.1 Å². The van der Waals surface area contributed by atoms with Gasteiger partial charge in [0.15, 0.2) is 0 Å². The molecule has 0 aromatic carbocycles. The Hall–Kier alpha value is -1.92. The normalized spacial score (nSPS) is 13.0. The van der Waals surface area contributed by atoms with E-state index in [2.05, 4.69) is 55.6 Å². The highest BCUT2D eigenvalue weighted by atomic mass is 16.5. The molecule has 6 nitrogen and oxygen atoms in total. The molecule has 0 fully saturated rings. The molecule has 0 aromatic heterocycles. The van der Waals surface area contributed by atoms with Crippen LogP contribution in [0, 0.1) is 0 Å². The lowest BCUT2D eigenvalue weighted by Gasteiger charge is -2.22. The summed E-state index contributed by atoms with van der Waals surface area (Å²) in [5.41, 5.74) is 0. The van der Waals surface area contributed by atoms with E-state index in [4.69, 9.17) is 4.74 Å². The standard InChI is InChI=1S/C48H89NO5/c1-3-5-7-9-11-13-21-26-30-34-38-42-48(53)54-43-39-35-31-27-23-20-18-16-14-15-17-19-22-25-29-33-37-41-47(52)49-45(44-50)46(51)40-36-32-28-24-12-10-8-6-4-2/h9,11,14,16,20,23,45-46,50-51H,3-8,10,12-13,15,17-19,21-22,24-44H2,1-2H3,(H,49,52)/b11-9-,16-14-,23-20-. The molecule has 0 saturated carbocycles. The van der Waals surface area contributed by atoms with Crippen LogP contribution in [0.5, 0.6) is 0 Å². The monoisotopic (exact) mass is 760 g/mol. The van der Waals surface area contributed by atoms with E-state index in [9.17, 15) is 19.8 Å². The number of esters is 1. The third-order valence-corrected chi connectivity index (χ3v) is 10.4. The second-order valence-corrected chi connectivity index (χ2v) is 15.7. The van der Waals surface area contributed by atoms with Gasteiger partial charge < -0.3 is 20.3 Å². The van der Waals surface area contributed by atoms with Gasteiger partial charge in [-0.15, -0.1) is 0 Å². The van der Waals surface area contributed by atoms with Gasteiger partial charge in [-0.2, -0.15) is 0 Å². The first-order valence-corrected chi connectivity index (χ1v) is 23.2. The van der Waals surface area contributed by atoms with Crippen molar-refractivity contribution in [1.82, 2.24) is 5.32 Å². The Kier molecular flexibility index (Phi) is 42.2. The number of ether oxygens (including phenoxy) is 1. The van der Waals surface area contributed by atoms with Crippen LogP contribution in [0.4, 0.5) is 0 Å². The van der Waals surface area contributed by atoms with Crippen LogP contribution in [0.2, 0.25) is 0 Å². The maximum atomic E-state index is 12.4. The van der Waals surface area contributed by atoms with Crippen molar-refractivity contribution >= 4 is 11.9 Å². The number of carbonyl (C=O) groups excluding carboxylic acids is 2. The third kappa shape index (κ3) is 39.8. The summed E-state index contributed by atoms with van der Waals surface area (Å²) in [6.07, 6.45) is 51.1.